The van der Waals surface area contributed by atoms with Crippen molar-refractivity contribution in [2.24, 2.45) is 11.8 Å². The van der Waals surface area contributed by atoms with Gasteiger partial charge in [0.15, 0.2) is 0 Å². The van der Waals surface area contributed by atoms with Crippen molar-refractivity contribution in [3.8, 4) is 0 Å². The Morgan fingerprint density at radius 1 is 1.37 bits per heavy atom. The van der Waals surface area contributed by atoms with E-state index in [9.17, 15) is 18.0 Å². The fourth-order valence-electron chi connectivity index (χ4n) is 2.14. The van der Waals surface area contributed by atoms with Gasteiger partial charge in [0.25, 0.3) is 0 Å². The van der Waals surface area contributed by atoms with Crippen LogP contribution in [-0.2, 0) is 19.6 Å². The fraction of sp³-hybridized carbons (Fsp3) is 0.833. The van der Waals surface area contributed by atoms with E-state index in [0.717, 1.165) is 0 Å². The Kier molecular flexibility index (Phi) is 5.34. The molecule has 7 heteroatoms. The lowest BCUT2D eigenvalue weighted by Crippen LogP contribution is -2.39. The van der Waals surface area contributed by atoms with Crippen LogP contribution in [0.4, 0.5) is 0 Å². The summed E-state index contributed by atoms with van der Waals surface area (Å²) in [6.45, 7) is 6.16. The number of carbonyl (C=O) groups excluding carboxylic acids is 2. The lowest BCUT2D eigenvalue weighted by molar-refractivity contribution is -0.130. The van der Waals surface area contributed by atoms with E-state index >= 15 is 0 Å². The summed E-state index contributed by atoms with van der Waals surface area (Å²) in [5, 5.41) is 0. The van der Waals surface area contributed by atoms with Crippen LogP contribution in [0, 0.1) is 11.8 Å². The molecule has 1 N–H and O–H groups in total. The van der Waals surface area contributed by atoms with Crippen molar-refractivity contribution in [2.75, 3.05) is 18.8 Å². The van der Waals surface area contributed by atoms with Gasteiger partial charge in [-0.1, -0.05) is 20.8 Å². The summed E-state index contributed by atoms with van der Waals surface area (Å²) in [7, 11) is -3.56. The number of nitrogens with zero attached hydrogens (tertiary/aromatic N) is 1. The highest BCUT2D eigenvalue weighted by molar-refractivity contribution is 7.90. The van der Waals surface area contributed by atoms with Crippen molar-refractivity contribution >= 4 is 21.8 Å². The molecule has 1 unspecified atom stereocenters. The second-order valence-electron chi connectivity index (χ2n) is 5.32. The van der Waals surface area contributed by atoms with Crippen LogP contribution in [0.25, 0.3) is 0 Å². The van der Waals surface area contributed by atoms with Crippen LogP contribution in [0.3, 0.4) is 0 Å². The summed E-state index contributed by atoms with van der Waals surface area (Å²) in [4.78, 5) is 25.0. The molecule has 1 atom stereocenters. The number of rotatable bonds is 5. The molecule has 1 rings (SSSR count). The number of hydrogen-bond acceptors (Lipinski definition) is 4. The minimum Gasteiger partial charge on any atom is -0.342 e. The van der Waals surface area contributed by atoms with Gasteiger partial charge in [-0.3, -0.25) is 14.3 Å². The molecule has 0 aliphatic carbocycles. The average molecular weight is 290 g/mol. The first kappa shape index (κ1) is 15.9. The van der Waals surface area contributed by atoms with Gasteiger partial charge in [0, 0.05) is 19.5 Å². The van der Waals surface area contributed by atoms with Crippen LogP contribution >= 0.6 is 0 Å². The van der Waals surface area contributed by atoms with E-state index in [1.807, 2.05) is 0 Å². The number of sulfonamides is 1. The van der Waals surface area contributed by atoms with E-state index in [2.05, 4.69) is 4.72 Å². The first-order chi connectivity index (χ1) is 8.75. The van der Waals surface area contributed by atoms with Crippen LogP contribution < -0.4 is 4.72 Å². The topological polar surface area (TPSA) is 83.6 Å². The molecule has 0 aromatic heterocycles. The minimum absolute atomic E-state index is 0.000313. The number of carbonyl (C=O) groups is 2. The van der Waals surface area contributed by atoms with Crippen molar-refractivity contribution < 1.29 is 18.0 Å². The molecule has 2 amide bonds. The lowest BCUT2D eigenvalue weighted by atomic mass is 10.1. The van der Waals surface area contributed by atoms with Gasteiger partial charge in [-0.25, -0.2) is 8.42 Å². The Hall–Kier alpha value is -1.11. The summed E-state index contributed by atoms with van der Waals surface area (Å²) >= 11 is 0. The Balaban J connectivity index is 2.54. The zero-order valence-corrected chi connectivity index (χ0v) is 12.5. The highest BCUT2D eigenvalue weighted by atomic mass is 32.2. The maximum Gasteiger partial charge on any atom is 0.238 e. The molecule has 0 aromatic carbocycles. The standard InChI is InChI=1S/C12H22N2O4S/c1-4-11(15)14-6-5-10(7-14)12(16)13-19(17,18)8-9(2)3/h9-10H,4-8H2,1-3H3,(H,13,16). The molecule has 1 aliphatic rings. The quantitative estimate of drug-likeness (QED) is 0.792. The summed E-state index contributed by atoms with van der Waals surface area (Å²) in [6.07, 6.45) is 0.925. The second kappa shape index (κ2) is 6.36. The Morgan fingerprint density at radius 3 is 2.53 bits per heavy atom. The van der Waals surface area contributed by atoms with Gasteiger partial charge < -0.3 is 4.90 Å². The first-order valence-corrected chi connectivity index (χ1v) is 8.22. The van der Waals surface area contributed by atoms with Crippen molar-refractivity contribution in [1.29, 1.82) is 0 Å². The van der Waals surface area contributed by atoms with Gasteiger partial charge in [0.1, 0.15) is 0 Å². The largest absolute Gasteiger partial charge is 0.342 e. The van der Waals surface area contributed by atoms with Gasteiger partial charge >= 0.3 is 0 Å². The van der Waals surface area contributed by atoms with Gasteiger partial charge in [-0.15, -0.1) is 0 Å². The van der Waals surface area contributed by atoms with Crippen LogP contribution in [0.2, 0.25) is 0 Å². The normalized spacial score (nSPS) is 19.8. The molecule has 110 valence electrons. The van der Waals surface area contributed by atoms with Crippen molar-refractivity contribution in [3.05, 3.63) is 0 Å². The third kappa shape index (κ3) is 4.81. The summed E-state index contributed by atoms with van der Waals surface area (Å²) in [6, 6.07) is 0. The SMILES string of the molecule is CCC(=O)N1CCC(C(=O)NS(=O)(=O)CC(C)C)C1. The van der Waals surface area contributed by atoms with E-state index in [1.54, 1.807) is 25.7 Å². The van der Waals surface area contributed by atoms with Gasteiger partial charge in [0.2, 0.25) is 21.8 Å². The maximum absolute atomic E-state index is 11.9. The Morgan fingerprint density at radius 2 is 2.00 bits per heavy atom. The van der Waals surface area contributed by atoms with Crippen LogP contribution in [0.5, 0.6) is 0 Å². The number of nitrogens with one attached hydrogen (secondary N) is 1. The maximum atomic E-state index is 11.9. The highest BCUT2D eigenvalue weighted by Gasteiger charge is 2.32. The molecule has 1 fully saturated rings. The van der Waals surface area contributed by atoms with Gasteiger partial charge in [-0.05, 0) is 12.3 Å². The molecule has 1 heterocycles. The zero-order chi connectivity index (χ0) is 14.6. The smallest absolute Gasteiger partial charge is 0.238 e. The second-order valence-corrected chi connectivity index (χ2v) is 7.09. The molecule has 0 bridgehead atoms. The summed E-state index contributed by atoms with van der Waals surface area (Å²) in [5.41, 5.74) is 0. The molecule has 6 nitrogen and oxygen atoms in total. The number of likely N-dealkylation sites (tertiary alicyclic amines) is 1. The Labute approximate surface area is 114 Å². The van der Waals surface area contributed by atoms with Crippen molar-refractivity contribution in [3.63, 3.8) is 0 Å². The van der Waals surface area contributed by atoms with E-state index in [4.69, 9.17) is 0 Å². The first-order valence-electron chi connectivity index (χ1n) is 6.57. The zero-order valence-electron chi connectivity index (χ0n) is 11.7. The van der Waals surface area contributed by atoms with Crippen molar-refractivity contribution in [2.45, 2.75) is 33.6 Å². The van der Waals surface area contributed by atoms with Crippen molar-refractivity contribution in [1.82, 2.24) is 9.62 Å². The monoisotopic (exact) mass is 290 g/mol. The highest BCUT2D eigenvalue weighted by Crippen LogP contribution is 2.17. The summed E-state index contributed by atoms with van der Waals surface area (Å²) in [5.74, 6) is -1.01. The lowest BCUT2D eigenvalue weighted by Gasteiger charge is -2.15. The van der Waals surface area contributed by atoms with E-state index in [1.165, 1.54) is 0 Å². The minimum atomic E-state index is -3.56. The Bertz CT molecular complexity index is 445. The molecule has 0 spiro atoms. The van der Waals surface area contributed by atoms with Gasteiger partial charge in [-0.2, -0.15) is 0 Å². The predicted molar refractivity (Wildman–Crippen MR) is 71.7 cm³/mol. The molecule has 0 saturated carbocycles. The number of amides is 2. The number of hydrogen-bond donors (Lipinski definition) is 1. The molecular weight excluding hydrogens is 268 g/mol. The average Bonchev–Trinajstić information content (AvgIpc) is 2.74. The van der Waals surface area contributed by atoms with Crippen LogP contribution in [0.1, 0.15) is 33.6 Å². The fourth-order valence-corrected chi connectivity index (χ4v) is 3.58. The van der Waals surface area contributed by atoms with Gasteiger partial charge in [0.05, 0.1) is 11.7 Å². The predicted octanol–water partition coefficient (Wildman–Crippen LogP) is 0.347. The summed E-state index contributed by atoms with van der Waals surface area (Å²) < 4.78 is 25.4. The van der Waals surface area contributed by atoms with E-state index < -0.39 is 21.8 Å². The third-order valence-electron chi connectivity index (χ3n) is 3.02. The van der Waals surface area contributed by atoms with Crippen LogP contribution in [-0.4, -0.2) is 44.0 Å². The van der Waals surface area contributed by atoms with Crippen LogP contribution in [0.15, 0.2) is 0 Å². The molecular formula is C12H22N2O4S. The molecule has 0 aromatic rings. The molecule has 1 aliphatic heterocycles. The van der Waals surface area contributed by atoms with E-state index in [0.29, 0.717) is 25.9 Å². The molecule has 0 radical (unpaired) electrons. The van der Waals surface area contributed by atoms with E-state index in [-0.39, 0.29) is 17.6 Å². The molecule has 1 saturated heterocycles. The third-order valence-corrected chi connectivity index (χ3v) is 4.64. The molecule has 19 heavy (non-hydrogen) atoms.